The molecule has 1 unspecified atom stereocenters. The van der Waals surface area contributed by atoms with Gasteiger partial charge >= 0.3 is 0 Å². The lowest BCUT2D eigenvalue weighted by molar-refractivity contribution is -0.137. The fourth-order valence-electron chi connectivity index (χ4n) is 5.79. The van der Waals surface area contributed by atoms with Gasteiger partial charge in [0.25, 0.3) is 5.91 Å². The molecule has 3 amide bonds. The lowest BCUT2D eigenvalue weighted by Crippen LogP contribution is -2.52. The summed E-state index contributed by atoms with van der Waals surface area (Å²) in [6.07, 6.45) is 0.519. The lowest BCUT2D eigenvalue weighted by atomic mass is 9.77. The molecule has 1 aromatic heterocycles. The molecule has 218 valence electrons. The third-order valence-corrected chi connectivity index (χ3v) is 8.01. The molecule has 0 bridgehead atoms. The molecule has 1 saturated heterocycles. The van der Waals surface area contributed by atoms with E-state index in [4.69, 9.17) is 0 Å². The van der Waals surface area contributed by atoms with Crippen molar-refractivity contribution in [3.05, 3.63) is 71.2 Å². The molecule has 2 aliphatic heterocycles. The molecule has 5 rings (SSSR count). The zero-order chi connectivity index (χ0) is 30.3. The van der Waals surface area contributed by atoms with Crippen molar-refractivity contribution in [1.82, 2.24) is 20.2 Å². The molecule has 9 nitrogen and oxygen atoms in total. The summed E-state index contributed by atoms with van der Waals surface area (Å²) in [7, 11) is 1.38. The molecule has 2 aromatic carbocycles. The number of likely N-dealkylation sites (N-methyl/N-ethyl adjacent to an activating group) is 1. The Morgan fingerprint density at radius 1 is 1.19 bits per heavy atom. The number of likely N-dealkylation sites (tertiary alicyclic amines) is 1. The van der Waals surface area contributed by atoms with Crippen LogP contribution in [0.2, 0.25) is 0 Å². The number of nitrogens with zero attached hydrogens (tertiary/aromatic N) is 4. The Bertz CT molecular complexity index is 1650. The summed E-state index contributed by atoms with van der Waals surface area (Å²) < 4.78 is 42.4. The molecule has 3 aromatic rings. The van der Waals surface area contributed by atoms with Crippen LogP contribution in [-0.2, 0) is 9.59 Å². The number of hydrogen-bond donors (Lipinski definition) is 2. The highest BCUT2D eigenvalue weighted by Gasteiger charge is 2.54. The van der Waals surface area contributed by atoms with E-state index >= 15 is 0 Å². The van der Waals surface area contributed by atoms with Crippen molar-refractivity contribution in [3.8, 4) is 6.07 Å². The van der Waals surface area contributed by atoms with E-state index in [1.165, 1.54) is 11.9 Å². The number of fused-ring (bicyclic) bond motifs is 1. The highest BCUT2D eigenvalue weighted by atomic mass is 19.2. The van der Waals surface area contributed by atoms with Crippen LogP contribution in [0.5, 0.6) is 0 Å². The van der Waals surface area contributed by atoms with Gasteiger partial charge in [-0.25, -0.2) is 18.6 Å². The number of halogens is 3. The number of hydrazone groups is 1. The van der Waals surface area contributed by atoms with E-state index in [1.807, 2.05) is 44.2 Å². The summed E-state index contributed by atoms with van der Waals surface area (Å²) in [4.78, 5) is 45.7. The van der Waals surface area contributed by atoms with Crippen molar-refractivity contribution in [2.45, 2.75) is 45.2 Å². The van der Waals surface area contributed by atoms with Gasteiger partial charge in [0.1, 0.15) is 23.6 Å². The smallest absolute Gasteiger partial charge is 0.270 e. The molecule has 1 fully saturated rings. The van der Waals surface area contributed by atoms with Gasteiger partial charge in [0.15, 0.2) is 11.6 Å². The lowest BCUT2D eigenvalue weighted by Gasteiger charge is -2.34. The summed E-state index contributed by atoms with van der Waals surface area (Å²) in [6.45, 7) is 3.67. The SMILES string of the molecule is CC(C)CC(C(=O)N1C[C@]2(CC(c3ccccc3)=NNC2=O)C[C@H]1C#N)N(C)C(=O)c1cc2c(F)cc(F)c(F)c2[nH]1. The maximum Gasteiger partial charge on any atom is 0.270 e. The minimum atomic E-state index is -1.40. The predicted octanol–water partition coefficient (Wildman–Crippen LogP) is 4.11. The Morgan fingerprint density at radius 2 is 1.90 bits per heavy atom. The normalized spacial score (nSPS) is 20.9. The van der Waals surface area contributed by atoms with E-state index < -0.39 is 58.2 Å². The highest BCUT2D eigenvalue weighted by molar-refractivity contribution is 6.06. The second-order valence-corrected chi connectivity index (χ2v) is 11.3. The van der Waals surface area contributed by atoms with Crippen LogP contribution in [0.1, 0.15) is 49.2 Å². The first-order chi connectivity index (χ1) is 20.0. The number of nitriles is 1. The van der Waals surface area contributed by atoms with Crippen molar-refractivity contribution < 1.29 is 27.6 Å². The molecule has 1 spiro atoms. The molecule has 2 N–H and O–H groups in total. The van der Waals surface area contributed by atoms with E-state index in [9.17, 15) is 32.8 Å². The first kappa shape index (κ1) is 28.9. The van der Waals surface area contributed by atoms with Crippen LogP contribution in [-0.4, -0.2) is 63.9 Å². The summed E-state index contributed by atoms with van der Waals surface area (Å²) >= 11 is 0. The zero-order valence-corrected chi connectivity index (χ0v) is 23.2. The Hall–Kier alpha value is -4.66. The number of aromatic nitrogens is 1. The van der Waals surface area contributed by atoms with E-state index in [2.05, 4.69) is 21.6 Å². The Balaban J connectivity index is 1.44. The molecule has 3 atom stereocenters. The molecule has 0 radical (unpaired) electrons. The van der Waals surface area contributed by atoms with E-state index in [0.717, 1.165) is 16.5 Å². The van der Waals surface area contributed by atoms with Gasteiger partial charge in [-0.05, 0) is 30.4 Å². The van der Waals surface area contributed by atoms with Crippen LogP contribution in [0.25, 0.3) is 10.9 Å². The van der Waals surface area contributed by atoms with Gasteiger partial charge in [0.05, 0.1) is 22.7 Å². The maximum atomic E-state index is 14.3. The van der Waals surface area contributed by atoms with Gasteiger partial charge in [-0.2, -0.15) is 10.4 Å². The number of nitrogens with one attached hydrogen (secondary N) is 2. The maximum absolute atomic E-state index is 14.3. The van der Waals surface area contributed by atoms with Crippen LogP contribution in [0.4, 0.5) is 13.2 Å². The van der Waals surface area contributed by atoms with Gasteiger partial charge in [0.2, 0.25) is 11.8 Å². The molecular formula is C30H29F3N6O3. The van der Waals surface area contributed by atoms with Gasteiger partial charge in [-0.3, -0.25) is 14.4 Å². The minimum absolute atomic E-state index is 0.0551. The highest BCUT2D eigenvalue weighted by Crippen LogP contribution is 2.41. The summed E-state index contributed by atoms with van der Waals surface area (Å²) in [5, 5.41) is 13.9. The van der Waals surface area contributed by atoms with Crippen LogP contribution in [0.3, 0.4) is 0 Å². The fourth-order valence-corrected chi connectivity index (χ4v) is 5.79. The average Bonchev–Trinajstić information content (AvgIpc) is 3.59. The van der Waals surface area contributed by atoms with Crippen molar-refractivity contribution in [3.63, 3.8) is 0 Å². The van der Waals surface area contributed by atoms with Crippen LogP contribution >= 0.6 is 0 Å². The molecule has 3 heterocycles. The predicted molar refractivity (Wildman–Crippen MR) is 147 cm³/mol. The van der Waals surface area contributed by atoms with Crippen molar-refractivity contribution in [1.29, 1.82) is 5.26 Å². The largest absolute Gasteiger partial charge is 0.348 e. The number of benzene rings is 2. The average molecular weight is 579 g/mol. The monoisotopic (exact) mass is 578 g/mol. The number of aromatic amines is 1. The number of carbonyl (C=O) groups excluding carboxylic acids is 3. The van der Waals surface area contributed by atoms with E-state index in [0.29, 0.717) is 11.8 Å². The number of carbonyl (C=O) groups is 3. The summed E-state index contributed by atoms with van der Waals surface area (Å²) in [6, 6.07) is 10.9. The van der Waals surface area contributed by atoms with E-state index in [-0.39, 0.29) is 42.8 Å². The molecule has 0 aliphatic carbocycles. The quantitative estimate of drug-likeness (QED) is 0.428. The van der Waals surface area contributed by atoms with Gasteiger partial charge in [-0.15, -0.1) is 0 Å². The molecule has 12 heteroatoms. The van der Waals surface area contributed by atoms with Crippen molar-refractivity contribution in [2.75, 3.05) is 13.6 Å². The van der Waals surface area contributed by atoms with Crippen LogP contribution < -0.4 is 5.43 Å². The zero-order valence-electron chi connectivity index (χ0n) is 23.2. The molecule has 42 heavy (non-hydrogen) atoms. The third-order valence-electron chi connectivity index (χ3n) is 8.01. The topological polar surface area (TPSA) is 122 Å². The molecule has 0 saturated carbocycles. The number of H-pyrrole nitrogens is 1. The number of rotatable bonds is 6. The van der Waals surface area contributed by atoms with Crippen molar-refractivity contribution >= 4 is 34.3 Å². The van der Waals surface area contributed by atoms with Gasteiger partial charge < -0.3 is 14.8 Å². The Kier molecular flexibility index (Phi) is 7.53. The Morgan fingerprint density at radius 3 is 2.57 bits per heavy atom. The first-order valence-electron chi connectivity index (χ1n) is 13.5. The first-order valence-corrected chi connectivity index (χ1v) is 13.5. The summed E-state index contributed by atoms with van der Waals surface area (Å²) in [5.41, 5.74) is 2.17. The second-order valence-electron chi connectivity index (χ2n) is 11.3. The third kappa shape index (κ3) is 5.00. The Labute approximate surface area is 240 Å². The van der Waals surface area contributed by atoms with Crippen LogP contribution in [0, 0.1) is 40.1 Å². The number of hydrogen-bond acceptors (Lipinski definition) is 5. The van der Waals surface area contributed by atoms with Gasteiger partial charge in [-0.1, -0.05) is 44.2 Å². The minimum Gasteiger partial charge on any atom is -0.348 e. The van der Waals surface area contributed by atoms with Crippen LogP contribution in [0.15, 0.2) is 47.6 Å². The molecular weight excluding hydrogens is 549 g/mol. The van der Waals surface area contributed by atoms with Crippen molar-refractivity contribution in [2.24, 2.45) is 16.4 Å². The number of amides is 3. The van der Waals surface area contributed by atoms with Gasteiger partial charge in [0, 0.05) is 31.5 Å². The van der Waals surface area contributed by atoms with E-state index in [1.54, 1.807) is 0 Å². The second kappa shape index (κ2) is 11.0. The summed E-state index contributed by atoms with van der Waals surface area (Å²) in [5.74, 6) is -5.50. The molecule has 2 aliphatic rings. The standard InChI is InChI=1S/C30H29F3N6O3/c1-16(2)9-24(38(3)27(40)22-10-19-20(31)11-21(32)25(33)26(19)35-22)28(41)39-15-30(12-18(39)14-34)13-23(36-37-29(30)42)17-7-5-4-6-8-17/h4-8,10-11,16,18,24,35H,9,12-13,15H2,1-3H3,(H,37,42)/t18-,24?,30+/m0/s1. The fraction of sp³-hybridized carbons (Fsp3) is 0.367.